The van der Waals surface area contributed by atoms with E-state index in [1.807, 2.05) is 0 Å². The molecule has 1 amide bonds. The lowest BCUT2D eigenvalue weighted by molar-refractivity contribution is -0.160. The largest absolute Gasteiger partial charge is 0.480 e. The Hall–Kier alpha value is -2.09. The zero-order valence-corrected chi connectivity index (χ0v) is 13.8. The number of carbonyl (C=O) groups excluding carboxylic acids is 1. The fraction of sp³-hybridized carbons (Fsp3) is 0.529. The number of carbonyl (C=O) groups is 2. The van der Waals surface area contributed by atoms with Crippen LogP contribution < -0.4 is 0 Å². The summed E-state index contributed by atoms with van der Waals surface area (Å²) in [5.74, 6) is -1.92. The first-order chi connectivity index (χ1) is 11.7. The molecule has 25 heavy (non-hydrogen) atoms. The number of ether oxygens (including phenoxy) is 1. The molecule has 2 rings (SSSR count). The third kappa shape index (κ3) is 4.72. The van der Waals surface area contributed by atoms with Crippen LogP contribution in [-0.4, -0.2) is 47.7 Å². The van der Waals surface area contributed by atoms with E-state index in [0.717, 1.165) is 12.1 Å². The van der Waals surface area contributed by atoms with E-state index in [2.05, 4.69) is 0 Å². The molecule has 2 unspecified atom stereocenters. The third-order valence-corrected chi connectivity index (χ3v) is 4.30. The molecule has 0 spiro atoms. The van der Waals surface area contributed by atoms with Crippen LogP contribution in [0.15, 0.2) is 24.3 Å². The van der Waals surface area contributed by atoms with E-state index in [1.54, 1.807) is 6.92 Å². The molecule has 1 aromatic rings. The van der Waals surface area contributed by atoms with Crippen LogP contribution >= 0.6 is 0 Å². The Bertz CT molecular complexity index is 615. The number of halogens is 3. The zero-order valence-electron chi connectivity index (χ0n) is 13.8. The summed E-state index contributed by atoms with van der Waals surface area (Å²) in [5.41, 5.74) is -0.136. The van der Waals surface area contributed by atoms with E-state index in [1.165, 1.54) is 17.0 Å². The molecule has 1 N–H and O–H groups in total. The first-order valence-electron chi connectivity index (χ1n) is 8.01. The second kappa shape index (κ2) is 7.86. The van der Waals surface area contributed by atoms with Crippen LogP contribution in [0.5, 0.6) is 0 Å². The van der Waals surface area contributed by atoms with Gasteiger partial charge in [0.2, 0.25) is 5.91 Å². The molecule has 1 aliphatic rings. The fourth-order valence-corrected chi connectivity index (χ4v) is 2.83. The van der Waals surface area contributed by atoms with Crippen LogP contribution in [0.25, 0.3) is 0 Å². The Morgan fingerprint density at radius 3 is 2.48 bits per heavy atom. The normalized spacial score (nSPS) is 19.5. The minimum absolute atomic E-state index is 0.0578. The highest BCUT2D eigenvalue weighted by Crippen LogP contribution is 2.29. The van der Waals surface area contributed by atoms with Crippen molar-refractivity contribution in [2.45, 2.75) is 32.0 Å². The van der Waals surface area contributed by atoms with Crippen LogP contribution in [0.1, 0.15) is 24.5 Å². The first kappa shape index (κ1) is 19.2. The van der Waals surface area contributed by atoms with Crippen molar-refractivity contribution in [2.75, 3.05) is 19.8 Å². The summed E-state index contributed by atoms with van der Waals surface area (Å²) in [6.07, 6.45) is -3.68. The predicted octanol–water partition coefficient (Wildman–Crippen LogP) is 2.59. The van der Waals surface area contributed by atoms with Gasteiger partial charge in [-0.25, -0.2) is 4.79 Å². The van der Waals surface area contributed by atoms with Crippen LogP contribution in [0.2, 0.25) is 0 Å². The SMILES string of the molecule is CCC(Cc1ccc(C(F)(F)F)cc1)C(=O)N1CCOCC1C(=O)O. The number of alkyl halides is 3. The Kier molecular flexibility index (Phi) is 6.05. The van der Waals surface area contributed by atoms with Gasteiger partial charge in [0.1, 0.15) is 0 Å². The second-order valence-corrected chi connectivity index (χ2v) is 5.96. The standard InChI is InChI=1S/C17H20F3NO4/c1-2-12(9-11-3-5-13(6-4-11)17(18,19)20)15(22)21-7-8-25-10-14(21)16(23)24/h3-6,12,14H,2,7-10H2,1H3,(H,23,24). The van der Waals surface area contributed by atoms with Crippen molar-refractivity contribution >= 4 is 11.9 Å². The lowest BCUT2D eigenvalue weighted by atomic mass is 9.94. The second-order valence-electron chi connectivity index (χ2n) is 5.96. The molecule has 1 fully saturated rings. The molecule has 0 bridgehead atoms. The molecular formula is C17H20F3NO4. The molecule has 0 aromatic heterocycles. The molecule has 0 radical (unpaired) electrons. The van der Waals surface area contributed by atoms with Gasteiger partial charge in [0.15, 0.2) is 6.04 Å². The highest BCUT2D eigenvalue weighted by Gasteiger charge is 2.35. The smallest absolute Gasteiger partial charge is 0.416 e. The number of hydrogen-bond acceptors (Lipinski definition) is 3. The van der Waals surface area contributed by atoms with Crippen LogP contribution in [0.4, 0.5) is 13.2 Å². The Morgan fingerprint density at radius 1 is 1.32 bits per heavy atom. The van der Waals surface area contributed by atoms with Crippen molar-refractivity contribution in [3.8, 4) is 0 Å². The minimum Gasteiger partial charge on any atom is -0.480 e. The molecule has 1 saturated heterocycles. The summed E-state index contributed by atoms with van der Waals surface area (Å²) in [5, 5.41) is 9.23. The molecule has 1 aromatic carbocycles. The van der Waals surface area contributed by atoms with E-state index in [-0.39, 0.29) is 32.1 Å². The van der Waals surface area contributed by atoms with E-state index >= 15 is 0 Å². The Balaban J connectivity index is 2.10. The van der Waals surface area contributed by atoms with Gasteiger partial charge in [-0.15, -0.1) is 0 Å². The van der Waals surface area contributed by atoms with Gasteiger partial charge in [-0.05, 0) is 30.5 Å². The van der Waals surface area contributed by atoms with E-state index < -0.39 is 29.7 Å². The summed E-state index contributed by atoms with van der Waals surface area (Å²) in [7, 11) is 0. The third-order valence-electron chi connectivity index (χ3n) is 4.30. The van der Waals surface area contributed by atoms with E-state index in [0.29, 0.717) is 12.0 Å². The number of hydrogen-bond donors (Lipinski definition) is 1. The van der Waals surface area contributed by atoms with Gasteiger partial charge < -0.3 is 14.7 Å². The molecule has 0 aliphatic carbocycles. The Labute approximate surface area is 143 Å². The minimum atomic E-state index is -4.40. The average molecular weight is 359 g/mol. The summed E-state index contributed by atoms with van der Waals surface area (Å²) < 4.78 is 42.9. The molecule has 2 atom stereocenters. The topological polar surface area (TPSA) is 66.8 Å². The average Bonchev–Trinajstić information content (AvgIpc) is 2.58. The van der Waals surface area contributed by atoms with E-state index in [4.69, 9.17) is 4.74 Å². The van der Waals surface area contributed by atoms with Gasteiger partial charge in [-0.3, -0.25) is 4.79 Å². The summed E-state index contributed by atoms with van der Waals surface area (Å²) >= 11 is 0. The number of morpholine rings is 1. The van der Waals surface area contributed by atoms with Gasteiger partial charge in [0, 0.05) is 12.5 Å². The summed E-state index contributed by atoms with van der Waals surface area (Å²) in [6, 6.07) is 3.66. The monoisotopic (exact) mass is 359 g/mol. The van der Waals surface area contributed by atoms with Crippen molar-refractivity contribution in [3.63, 3.8) is 0 Å². The van der Waals surface area contributed by atoms with E-state index in [9.17, 15) is 27.9 Å². The molecule has 5 nitrogen and oxygen atoms in total. The number of carboxylic acids is 1. The number of rotatable bonds is 5. The highest BCUT2D eigenvalue weighted by atomic mass is 19.4. The summed E-state index contributed by atoms with van der Waals surface area (Å²) in [4.78, 5) is 25.3. The number of nitrogens with zero attached hydrogens (tertiary/aromatic N) is 1. The van der Waals surface area contributed by atoms with Gasteiger partial charge in [-0.1, -0.05) is 19.1 Å². The number of carboxylic acid groups (broad SMARTS) is 1. The van der Waals surface area contributed by atoms with Crippen LogP contribution in [0, 0.1) is 5.92 Å². The molecule has 0 saturated carbocycles. The quantitative estimate of drug-likeness (QED) is 0.878. The van der Waals surface area contributed by atoms with Crippen LogP contribution in [-0.2, 0) is 26.9 Å². The maximum Gasteiger partial charge on any atom is 0.416 e. The lowest BCUT2D eigenvalue weighted by Crippen LogP contribution is -2.54. The highest BCUT2D eigenvalue weighted by molar-refractivity contribution is 5.85. The summed E-state index contributed by atoms with van der Waals surface area (Å²) in [6.45, 7) is 2.20. The van der Waals surface area contributed by atoms with Crippen LogP contribution in [0.3, 0.4) is 0 Å². The van der Waals surface area contributed by atoms with Gasteiger partial charge in [0.25, 0.3) is 0 Å². The molecule has 1 heterocycles. The zero-order chi connectivity index (χ0) is 18.6. The Morgan fingerprint density at radius 2 is 1.96 bits per heavy atom. The maximum atomic E-state index is 12.7. The van der Waals surface area contributed by atoms with Crippen molar-refractivity contribution in [1.82, 2.24) is 4.90 Å². The van der Waals surface area contributed by atoms with Gasteiger partial charge in [0.05, 0.1) is 18.8 Å². The molecule has 1 aliphatic heterocycles. The number of aliphatic carboxylic acids is 1. The molecule has 8 heteroatoms. The molecular weight excluding hydrogens is 339 g/mol. The van der Waals surface area contributed by atoms with Crippen molar-refractivity contribution in [2.24, 2.45) is 5.92 Å². The molecule has 138 valence electrons. The van der Waals surface area contributed by atoms with Crippen molar-refractivity contribution < 1.29 is 32.6 Å². The maximum absolute atomic E-state index is 12.7. The van der Waals surface area contributed by atoms with Gasteiger partial charge >= 0.3 is 12.1 Å². The predicted molar refractivity (Wildman–Crippen MR) is 82.9 cm³/mol. The first-order valence-corrected chi connectivity index (χ1v) is 8.01. The van der Waals surface area contributed by atoms with Gasteiger partial charge in [-0.2, -0.15) is 13.2 Å². The fourth-order valence-electron chi connectivity index (χ4n) is 2.83. The number of amides is 1. The number of benzene rings is 1. The van der Waals surface area contributed by atoms with Crippen molar-refractivity contribution in [3.05, 3.63) is 35.4 Å². The van der Waals surface area contributed by atoms with Crippen molar-refractivity contribution in [1.29, 1.82) is 0 Å². The lowest BCUT2D eigenvalue weighted by Gasteiger charge is -2.35.